The summed E-state index contributed by atoms with van der Waals surface area (Å²) in [5, 5.41) is 14.3. The normalized spacial score (nSPS) is 14.4. The molecular weight excluding hydrogens is 401 g/mol. The lowest BCUT2D eigenvalue weighted by atomic mass is 10.2. The van der Waals surface area contributed by atoms with E-state index in [1.807, 2.05) is 23.1 Å². The van der Waals surface area contributed by atoms with Crippen molar-refractivity contribution in [1.29, 1.82) is 0 Å². The molecule has 2 heterocycles. The van der Waals surface area contributed by atoms with Crippen LogP contribution in [-0.4, -0.2) is 46.0 Å². The fraction of sp³-hybridized carbons (Fsp3) is 0.238. The molecule has 0 unspecified atom stereocenters. The van der Waals surface area contributed by atoms with Crippen molar-refractivity contribution in [3.63, 3.8) is 0 Å². The minimum Gasteiger partial charge on any atom is -0.378 e. The van der Waals surface area contributed by atoms with Crippen molar-refractivity contribution in [2.75, 3.05) is 42.1 Å². The van der Waals surface area contributed by atoms with E-state index in [-0.39, 0.29) is 11.6 Å². The van der Waals surface area contributed by atoms with Gasteiger partial charge in [-0.15, -0.1) is 0 Å². The zero-order valence-corrected chi connectivity index (χ0v) is 16.7. The van der Waals surface area contributed by atoms with E-state index >= 15 is 0 Å². The largest absolute Gasteiger partial charge is 0.378 e. The van der Waals surface area contributed by atoms with Gasteiger partial charge < -0.3 is 16.0 Å². The number of hydrogen-bond acceptors (Lipinski definition) is 8. The number of benzene rings is 2. The van der Waals surface area contributed by atoms with E-state index in [2.05, 4.69) is 32.3 Å². The summed E-state index contributed by atoms with van der Waals surface area (Å²) in [4.78, 5) is 23.7. The lowest BCUT2D eigenvalue weighted by Gasteiger charge is -2.34. The van der Waals surface area contributed by atoms with Crippen molar-refractivity contribution in [2.45, 2.75) is 6.54 Å². The minimum absolute atomic E-state index is 0.0650. The van der Waals surface area contributed by atoms with Gasteiger partial charge in [-0.1, -0.05) is 36.4 Å². The molecule has 1 saturated heterocycles. The van der Waals surface area contributed by atoms with E-state index in [1.165, 1.54) is 23.8 Å². The molecule has 3 N–H and O–H groups in total. The molecule has 0 radical (unpaired) electrons. The number of nitro groups is 1. The molecular formula is C21H22FN7O2. The lowest BCUT2D eigenvalue weighted by molar-refractivity contribution is -0.383. The first-order valence-corrected chi connectivity index (χ1v) is 9.85. The number of nitrogens with two attached hydrogens (primary N) is 1. The van der Waals surface area contributed by atoms with Crippen molar-refractivity contribution in [2.24, 2.45) is 0 Å². The fourth-order valence-corrected chi connectivity index (χ4v) is 3.52. The number of halogens is 1. The monoisotopic (exact) mass is 423 g/mol. The van der Waals surface area contributed by atoms with E-state index < -0.39 is 16.4 Å². The quantitative estimate of drug-likeness (QED) is 0.459. The summed E-state index contributed by atoms with van der Waals surface area (Å²) in [6, 6.07) is 15.8. The maximum Gasteiger partial charge on any atom is 0.353 e. The summed E-state index contributed by atoms with van der Waals surface area (Å²) in [5.74, 6) is -0.462. The molecule has 1 fully saturated rings. The Morgan fingerprint density at radius 2 is 1.81 bits per heavy atom. The number of aromatic nitrogens is 2. The summed E-state index contributed by atoms with van der Waals surface area (Å²) in [6.07, 6.45) is 0. The van der Waals surface area contributed by atoms with Crippen LogP contribution in [0.15, 0.2) is 54.6 Å². The van der Waals surface area contributed by atoms with Crippen LogP contribution in [0.2, 0.25) is 0 Å². The van der Waals surface area contributed by atoms with Crippen molar-refractivity contribution in [3.05, 3.63) is 76.1 Å². The molecule has 1 aliphatic rings. The third-order valence-corrected chi connectivity index (χ3v) is 5.07. The van der Waals surface area contributed by atoms with Gasteiger partial charge in [0.1, 0.15) is 5.82 Å². The second kappa shape index (κ2) is 8.92. The Kier molecular flexibility index (Phi) is 5.89. The highest BCUT2D eigenvalue weighted by atomic mass is 19.1. The number of nitrogens with one attached hydrogen (secondary N) is 1. The summed E-state index contributed by atoms with van der Waals surface area (Å²) in [6.45, 7) is 3.75. The Labute approximate surface area is 178 Å². The van der Waals surface area contributed by atoms with E-state index in [1.54, 1.807) is 6.07 Å². The van der Waals surface area contributed by atoms with E-state index in [0.29, 0.717) is 24.7 Å². The van der Waals surface area contributed by atoms with Crippen LogP contribution in [0.1, 0.15) is 5.56 Å². The molecule has 1 aromatic heterocycles. The summed E-state index contributed by atoms with van der Waals surface area (Å²) < 4.78 is 13.5. The second-order valence-corrected chi connectivity index (χ2v) is 7.25. The Morgan fingerprint density at radius 1 is 1.06 bits per heavy atom. The second-order valence-electron chi connectivity index (χ2n) is 7.25. The van der Waals surface area contributed by atoms with Gasteiger partial charge in [0.05, 0.1) is 4.92 Å². The lowest BCUT2D eigenvalue weighted by Crippen LogP contribution is -2.46. The molecule has 10 heteroatoms. The zero-order valence-electron chi connectivity index (χ0n) is 16.7. The van der Waals surface area contributed by atoms with Crippen molar-refractivity contribution in [3.8, 4) is 0 Å². The predicted octanol–water partition coefficient (Wildman–Crippen LogP) is 3.17. The molecule has 4 rings (SSSR count). The van der Waals surface area contributed by atoms with Crippen LogP contribution in [0.25, 0.3) is 0 Å². The van der Waals surface area contributed by atoms with Gasteiger partial charge in [-0.25, -0.2) is 4.39 Å². The summed E-state index contributed by atoms with van der Waals surface area (Å²) in [7, 11) is 0. The van der Waals surface area contributed by atoms with Gasteiger partial charge in [0.2, 0.25) is 17.6 Å². The first kappa shape index (κ1) is 20.5. The summed E-state index contributed by atoms with van der Waals surface area (Å²) in [5.41, 5.74) is 7.04. The molecule has 0 bridgehead atoms. The van der Waals surface area contributed by atoms with Crippen molar-refractivity contribution < 1.29 is 9.31 Å². The maximum atomic E-state index is 13.5. The smallest absolute Gasteiger partial charge is 0.353 e. The molecule has 2 aromatic carbocycles. The molecule has 0 atom stereocenters. The van der Waals surface area contributed by atoms with Gasteiger partial charge in [-0.2, -0.15) is 9.97 Å². The number of hydrogen-bond donors (Lipinski definition) is 2. The molecule has 0 aliphatic carbocycles. The van der Waals surface area contributed by atoms with Crippen LogP contribution in [0.5, 0.6) is 0 Å². The predicted molar refractivity (Wildman–Crippen MR) is 117 cm³/mol. The van der Waals surface area contributed by atoms with E-state index in [4.69, 9.17) is 5.73 Å². The molecule has 0 spiro atoms. The first-order chi connectivity index (χ1) is 15.0. The van der Waals surface area contributed by atoms with Crippen molar-refractivity contribution in [1.82, 2.24) is 14.9 Å². The Hall–Kier alpha value is -3.79. The van der Waals surface area contributed by atoms with Crippen LogP contribution in [0.4, 0.5) is 33.3 Å². The van der Waals surface area contributed by atoms with Gasteiger partial charge in [-0.3, -0.25) is 15.0 Å². The molecule has 0 saturated carbocycles. The van der Waals surface area contributed by atoms with Crippen LogP contribution < -0.4 is 16.0 Å². The Bertz CT molecular complexity index is 1070. The van der Waals surface area contributed by atoms with E-state index in [0.717, 1.165) is 19.6 Å². The first-order valence-electron chi connectivity index (χ1n) is 9.85. The minimum atomic E-state index is -0.640. The molecule has 1 aliphatic heterocycles. The van der Waals surface area contributed by atoms with Gasteiger partial charge in [0, 0.05) is 38.4 Å². The van der Waals surface area contributed by atoms with Gasteiger partial charge >= 0.3 is 5.69 Å². The average molecular weight is 423 g/mol. The van der Waals surface area contributed by atoms with Crippen LogP contribution in [0, 0.1) is 15.9 Å². The SMILES string of the molecule is Nc1nc(N2CCN(Cc3ccccc3)CC2)nc(Nc2cccc(F)c2)c1[N+](=O)[O-]. The third-order valence-electron chi connectivity index (χ3n) is 5.07. The van der Waals surface area contributed by atoms with Crippen LogP contribution in [0.3, 0.4) is 0 Å². The fourth-order valence-electron chi connectivity index (χ4n) is 3.52. The topological polar surface area (TPSA) is 113 Å². The van der Waals surface area contributed by atoms with Crippen LogP contribution >= 0.6 is 0 Å². The molecule has 0 amide bonds. The van der Waals surface area contributed by atoms with Gasteiger partial charge in [0.25, 0.3) is 0 Å². The molecule has 31 heavy (non-hydrogen) atoms. The standard InChI is InChI=1S/C21H22FN7O2/c22-16-7-4-8-17(13-16)24-20-18(29(30)31)19(23)25-21(26-20)28-11-9-27(10-12-28)14-15-5-2-1-3-6-15/h1-8,13H,9-12,14H2,(H3,23,24,25,26). The highest BCUT2D eigenvalue weighted by Crippen LogP contribution is 2.32. The van der Waals surface area contributed by atoms with Crippen molar-refractivity contribution >= 4 is 29.0 Å². The van der Waals surface area contributed by atoms with Crippen LogP contribution in [-0.2, 0) is 6.54 Å². The number of anilines is 4. The average Bonchev–Trinajstić information content (AvgIpc) is 2.74. The summed E-state index contributed by atoms with van der Waals surface area (Å²) >= 11 is 0. The number of nitrogens with zero attached hydrogens (tertiary/aromatic N) is 5. The number of nitrogen functional groups attached to an aromatic ring is 1. The van der Waals surface area contributed by atoms with E-state index in [9.17, 15) is 14.5 Å². The Morgan fingerprint density at radius 3 is 2.48 bits per heavy atom. The molecule has 160 valence electrons. The maximum absolute atomic E-state index is 13.5. The molecule has 3 aromatic rings. The number of piperazine rings is 1. The van der Waals surface area contributed by atoms with Gasteiger partial charge in [0.15, 0.2) is 0 Å². The number of rotatable bonds is 6. The zero-order chi connectivity index (χ0) is 21.8. The molecule has 9 nitrogen and oxygen atoms in total. The highest BCUT2D eigenvalue weighted by molar-refractivity contribution is 5.74. The highest BCUT2D eigenvalue weighted by Gasteiger charge is 2.27. The Balaban J connectivity index is 1.52. The van der Waals surface area contributed by atoms with Gasteiger partial charge in [-0.05, 0) is 23.8 Å². The third kappa shape index (κ3) is 4.86.